The molecule has 3 saturated heterocycles. The molecule has 5 atom stereocenters. The zero-order chi connectivity index (χ0) is 36.8. The molecule has 1 unspecified atom stereocenters. The lowest BCUT2D eigenvalue weighted by atomic mass is 10.1. The van der Waals surface area contributed by atoms with Gasteiger partial charge in [0.1, 0.15) is 35.4 Å². The van der Waals surface area contributed by atoms with Gasteiger partial charge in [-0.15, -0.1) is 0 Å². The highest BCUT2D eigenvalue weighted by Gasteiger charge is 2.45. The van der Waals surface area contributed by atoms with Crippen LogP contribution < -0.4 is 15.9 Å². The minimum atomic E-state index is -1.77. The Balaban J connectivity index is 0.000000202. The van der Waals surface area contributed by atoms with Crippen LogP contribution in [0.15, 0.2) is 116 Å². The van der Waals surface area contributed by atoms with E-state index in [9.17, 15) is 0 Å². The molecule has 8 nitrogen and oxygen atoms in total. The van der Waals surface area contributed by atoms with Crippen LogP contribution in [0, 0.1) is 0 Å². The summed E-state index contributed by atoms with van der Waals surface area (Å²) in [5.41, 5.74) is 0. The summed E-state index contributed by atoms with van der Waals surface area (Å²) in [6.07, 6.45) is 4.22. The van der Waals surface area contributed by atoms with Gasteiger partial charge in [-0.25, -0.2) is 0 Å². The molecule has 0 saturated carbocycles. The Morgan fingerprint density at radius 1 is 0.760 bits per heavy atom. The van der Waals surface area contributed by atoms with Crippen molar-refractivity contribution in [1.82, 2.24) is 0 Å². The molecule has 3 heterocycles. The molecule has 3 aliphatic rings. The fourth-order valence-electron chi connectivity index (χ4n) is 6.01. The number of ether oxygens (including phenoxy) is 5. The predicted molar refractivity (Wildman–Crippen MR) is 203 cm³/mol. The molecular weight excluding hydrogens is 651 g/mol. The van der Waals surface area contributed by atoms with E-state index in [1.165, 1.54) is 15.9 Å². The summed E-state index contributed by atoms with van der Waals surface area (Å²) < 4.78 is 27.3. The molecule has 0 spiro atoms. The molecule has 50 heavy (non-hydrogen) atoms. The fourth-order valence-corrected chi connectivity index (χ4v) is 9.46. The highest BCUT2D eigenvalue weighted by molar-refractivity contribution is 7.98. The average Bonchev–Trinajstić information content (AvgIpc) is 3.58. The summed E-state index contributed by atoms with van der Waals surface area (Å²) in [7, 11) is -1.77. The Morgan fingerprint density at radius 3 is 1.60 bits per heavy atom. The fraction of sp³-hybridized carbons (Fsp3) is 0.463. The van der Waals surface area contributed by atoms with Crippen molar-refractivity contribution in [3.8, 4) is 0 Å². The Kier molecular flexibility index (Phi) is 16.5. The third kappa shape index (κ3) is 12.2. The van der Waals surface area contributed by atoms with Gasteiger partial charge in [0, 0.05) is 12.5 Å². The minimum absolute atomic E-state index is 0.0104. The third-order valence-corrected chi connectivity index (χ3v) is 11.9. The monoisotopic (exact) mass is 709 g/mol. The lowest BCUT2D eigenvalue weighted by Crippen LogP contribution is -2.39. The number of aliphatic hydroxyl groups excluding tert-OH is 3. The van der Waals surface area contributed by atoms with Crippen molar-refractivity contribution in [2.24, 2.45) is 0 Å². The lowest BCUT2D eigenvalue weighted by Gasteiger charge is -2.26. The largest absolute Gasteiger partial charge is 0.394 e. The van der Waals surface area contributed by atoms with Gasteiger partial charge in [0.2, 0.25) is 0 Å². The van der Waals surface area contributed by atoms with Crippen molar-refractivity contribution < 1.29 is 39.0 Å². The smallest absolute Gasteiger partial charge is 0.163 e. The van der Waals surface area contributed by atoms with Gasteiger partial charge in [-0.2, -0.15) is 0 Å². The maximum absolute atomic E-state index is 9.17. The Bertz CT molecular complexity index is 1310. The van der Waals surface area contributed by atoms with E-state index in [4.69, 9.17) is 39.0 Å². The van der Waals surface area contributed by atoms with E-state index in [0.717, 1.165) is 6.42 Å². The molecule has 0 aromatic heterocycles. The van der Waals surface area contributed by atoms with Crippen LogP contribution >= 0.6 is 7.26 Å². The van der Waals surface area contributed by atoms with E-state index in [1.54, 1.807) is 13.8 Å². The summed E-state index contributed by atoms with van der Waals surface area (Å²) in [6, 6.07) is 32.2. The van der Waals surface area contributed by atoms with Crippen LogP contribution in [0.2, 0.25) is 0 Å². The summed E-state index contributed by atoms with van der Waals surface area (Å²) in [5, 5.41) is 30.3. The highest BCUT2D eigenvalue weighted by Crippen LogP contribution is 2.56. The topological polar surface area (TPSA) is 107 Å². The van der Waals surface area contributed by atoms with Crippen LogP contribution in [0.4, 0.5) is 0 Å². The quantitative estimate of drug-likeness (QED) is 0.196. The van der Waals surface area contributed by atoms with E-state index >= 15 is 0 Å². The summed E-state index contributed by atoms with van der Waals surface area (Å²) in [5.74, 6) is 1.08. The van der Waals surface area contributed by atoms with Crippen LogP contribution in [0.25, 0.3) is 0 Å². The van der Waals surface area contributed by atoms with Gasteiger partial charge in [-0.1, -0.05) is 73.3 Å². The van der Waals surface area contributed by atoms with Crippen LogP contribution in [0.1, 0.15) is 61.3 Å². The summed E-state index contributed by atoms with van der Waals surface area (Å²) >= 11 is 0. The van der Waals surface area contributed by atoms with Crippen LogP contribution in [-0.4, -0.2) is 76.9 Å². The number of allylic oxidation sites excluding steroid dienone is 1. The van der Waals surface area contributed by atoms with Crippen molar-refractivity contribution in [2.75, 3.05) is 13.2 Å². The summed E-state index contributed by atoms with van der Waals surface area (Å²) in [4.78, 5) is 0. The molecule has 0 amide bonds. The van der Waals surface area contributed by atoms with Gasteiger partial charge in [-0.3, -0.25) is 0 Å². The van der Waals surface area contributed by atoms with Crippen molar-refractivity contribution in [2.45, 2.75) is 110 Å². The zero-order valence-corrected chi connectivity index (χ0v) is 31.6. The standard InChI is InChI=1S/C20H18P.C10H18O3.C8H14O4.C3H8O/c1-2-21(18-12-6-3-7-13-18,19-14-8-4-9-15-19)20-16-10-5-11-17-20;1-4-5-6-8-9(7-11)13-10(2,3)12-8;1-8(2)11-5-3-7(9)10-4-6(5)12-8;1-3(2)4/h2-17H,1H2;4-5,8-9,11H,6-7H2,1-3H3;5-7,9H,3-4H2,1-2H3;3-4H,1-2H3/q+1;;;/b;5-4+;;/t;8-,9+;5-,6+,7?;/m.00./s1. The maximum atomic E-state index is 9.17. The molecule has 0 radical (unpaired) electrons. The molecule has 0 aliphatic carbocycles. The highest BCUT2D eigenvalue weighted by atomic mass is 31.2. The number of rotatable bonds is 7. The minimum Gasteiger partial charge on any atom is -0.394 e. The first-order valence-corrected chi connectivity index (χ1v) is 19.2. The SMILES string of the molecule is C/C=C/C[C@@H]1OC(C)(C)O[C@@H]1CO.C=C[P+](c1ccccc1)(c1ccccc1)c1ccccc1.CC(C)O.CC1(C)O[C@H]2CC(O)OC[C@H]2O1. The third-order valence-electron chi connectivity index (χ3n) is 8.01. The zero-order valence-electron chi connectivity index (χ0n) is 30.7. The van der Waals surface area contributed by atoms with Crippen molar-refractivity contribution in [1.29, 1.82) is 0 Å². The van der Waals surface area contributed by atoms with Crippen LogP contribution in [0.3, 0.4) is 0 Å². The van der Waals surface area contributed by atoms with E-state index < -0.39 is 25.1 Å². The van der Waals surface area contributed by atoms with E-state index in [2.05, 4.69) is 103 Å². The molecule has 6 rings (SSSR count). The van der Waals surface area contributed by atoms with Crippen molar-refractivity contribution >= 4 is 23.2 Å². The molecular formula is C41H58O8P+. The molecule has 3 N–H and O–H groups in total. The molecule has 3 fully saturated rings. The number of fused-ring (bicyclic) bond motifs is 1. The van der Waals surface area contributed by atoms with Gasteiger partial charge in [0.25, 0.3) is 0 Å². The molecule has 3 aromatic carbocycles. The van der Waals surface area contributed by atoms with Gasteiger partial charge >= 0.3 is 0 Å². The first kappa shape index (κ1) is 41.7. The van der Waals surface area contributed by atoms with Crippen molar-refractivity contribution in [3.63, 3.8) is 0 Å². The molecule has 9 heteroatoms. The predicted octanol–water partition coefficient (Wildman–Crippen LogP) is 6.22. The molecule has 3 aliphatic heterocycles. The summed E-state index contributed by atoms with van der Waals surface area (Å²) in [6.45, 7) is 17.5. The van der Waals surface area contributed by atoms with Crippen LogP contribution in [0.5, 0.6) is 0 Å². The van der Waals surface area contributed by atoms with Gasteiger partial charge in [0.05, 0.1) is 31.2 Å². The van der Waals surface area contributed by atoms with E-state index in [1.807, 2.05) is 46.8 Å². The Morgan fingerprint density at radius 2 is 1.18 bits per heavy atom. The number of aliphatic hydroxyl groups is 3. The van der Waals surface area contributed by atoms with Gasteiger partial charge < -0.3 is 39.0 Å². The molecule has 3 aromatic rings. The Hall–Kier alpha value is -2.75. The molecule has 0 bridgehead atoms. The lowest BCUT2D eigenvalue weighted by molar-refractivity contribution is -0.167. The first-order chi connectivity index (χ1) is 23.8. The number of benzene rings is 3. The number of hydrogen-bond donors (Lipinski definition) is 3. The van der Waals surface area contributed by atoms with Gasteiger partial charge in [0.15, 0.2) is 17.9 Å². The second-order valence-corrected chi connectivity index (χ2v) is 16.8. The second-order valence-electron chi connectivity index (χ2n) is 13.4. The number of hydrogen-bond acceptors (Lipinski definition) is 8. The van der Waals surface area contributed by atoms with E-state index in [0.29, 0.717) is 13.0 Å². The first-order valence-electron chi connectivity index (χ1n) is 17.4. The second kappa shape index (κ2) is 19.7. The average molecular weight is 710 g/mol. The normalized spacial score (nSPS) is 24.9. The Labute approximate surface area is 300 Å². The maximum Gasteiger partial charge on any atom is 0.163 e. The van der Waals surface area contributed by atoms with Crippen LogP contribution in [-0.2, 0) is 23.7 Å². The van der Waals surface area contributed by atoms with Crippen molar-refractivity contribution in [3.05, 3.63) is 116 Å². The van der Waals surface area contributed by atoms with E-state index in [-0.39, 0.29) is 37.1 Å². The van der Waals surface area contributed by atoms with Gasteiger partial charge in [-0.05, 0) is 91.3 Å². The molecule has 274 valence electrons.